The normalized spacial score (nSPS) is 12.8. The van der Waals surface area contributed by atoms with Gasteiger partial charge >= 0.3 is 12.1 Å². The molecule has 0 spiro atoms. The molecule has 2 aromatic rings. The number of fused-ring (bicyclic) bond motifs is 1. The van der Waals surface area contributed by atoms with Gasteiger partial charge in [0.25, 0.3) is 0 Å². The Bertz CT molecular complexity index is 656. The van der Waals surface area contributed by atoms with E-state index in [0.29, 0.717) is 16.5 Å². The zero-order chi connectivity index (χ0) is 15.1. The molecule has 3 nitrogen and oxygen atoms in total. The van der Waals surface area contributed by atoms with Crippen LogP contribution in [0, 0.1) is 5.41 Å². The Labute approximate surface area is 113 Å². The molecule has 0 bridgehead atoms. The second-order valence-electron chi connectivity index (χ2n) is 5.42. The topological polar surface area (TPSA) is 53.1 Å². The highest BCUT2D eigenvalue weighted by molar-refractivity contribution is 5.85. The van der Waals surface area contributed by atoms with E-state index in [1.807, 2.05) is 0 Å². The lowest BCUT2D eigenvalue weighted by atomic mass is 9.85. The lowest BCUT2D eigenvalue weighted by Crippen LogP contribution is -2.26. The van der Waals surface area contributed by atoms with Crippen LogP contribution in [0.15, 0.2) is 24.3 Å². The molecule has 1 heterocycles. The summed E-state index contributed by atoms with van der Waals surface area (Å²) in [6.07, 6.45) is -4.28. The predicted octanol–water partition coefficient (Wildman–Crippen LogP) is 3.84. The Morgan fingerprint density at radius 3 is 2.50 bits per heavy atom. The lowest BCUT2D eigenvalue weighted by Gasteiger charge is -2.19. The van der Waals surface area contributed by atoms with E-state index in [1.165, 1.54) is 0 Å². The number of halogens is 3. The van der Waals surface area contributed by atoms with Gasteiger partial charge in [-0.25, -0.2) is 0 Å². The Kier molecular flexibility index (Phi) is 3.28. The quantitative estimate of drug-likeness (QED) is 0.900. The first kappa shape index (κ1) is 14.4. The number of aromatic nitrogens is 1. The molecule has 2 N–H and O–H groups in total. The molecule has 0 aliphatic carbocycles. The van der Waals surface area contributed by atoms with Gasteiger partial charge in [0.05, 0.1) is 5.41 Å². The molecule has 0 aliphatic heterocycles. The molecule has 1 aromatic heterocycles. The molecule has 0 amide bonds. The van der Waals surface area contributed by atoms with Crippen molar-refractivity contribution in [3.05, 3.63) is 35.5 Å². The number of hydrogen-bond donors (Lipinski definition) is 2. The highest BCUT2D eigenvalue weighted by Gasteiger charge is 2.33. The van der Waals surface area contributed by atoms with E-state index >= 15 is 0 Å². The van der Waals surface area contributed by atoms with Gasteiger partial charge in [0, 0.05) is 10.9 Å². The number of carbonyl (C=O) groups is 1. The molecule has 0 aliphatic rings. The molecule has 0 saturated carbocycles. The summed E-state index contributed by atoms with van der Waals surface area (Å²) in [4.78, 5) is 13.5. The van der Waals surface area contributed by atoms with E-state index in [4.69, 9.17) is 5.11 Å². The van der Waals surface area contributed by atoms with Crippen molar-refractivity contribution in [2.24, 2.45) is 5.41 Å². The highest BCUT2D eigenvalue weighted by atomic mass is 19.4. The first-order valence-electron chi connectivity index (χ1n) is 6.02. The minimum atomic E-state index is -4.45. The third kappa shape index (κ3) is 2.64. The standard InChI is InChI=1S/C14H14F3NO2/c1-13(2,12(19)20)7-8-4-3-5-10-9(8)6-11(18-10)14(15,16)17/h3-6,18H,7H2,1-2H3,(H,19,20). The molecule has 0 unspecified atom stereocenters. The first-order chi connectivity index (χ1) is 9.11. The molecule has 108 valence electrons. The number of hydrogen-bond acceptors (Lipinski definition) is 1. The number of alkyl halides is 3. The van der Waals surface area contributed by atoms with Crippen LogP contribution in [0.1, 0.15) is 25.1 Å². The average Bonchev–Trinajstić information content (AvgIpc) is 2.73. The Balaban J connectivity index is 2.50. The van der Waals surface area contributed by atoms with Gasteiger partial charge in [0.15, 0.2) is 0 Å². The number of benzene rings is 1. The van der Waals surface area contributed by atoms with E-state index < -0.39 is 23.3 Å². The van der Waals surface area contributed by atoms with Gasteiger partial charge in [-0.3, -0.25) is 4.79 Å². The zero-order valence-electron chi connectivity index (χ0n) is 11.0. The van der Waals surface area contributed by atoms with Crippen LogP contribution in [0.2, 0.25) is 0 Å². The first-order valence-corrected chi connectivity index (χ1v) is 6.02. The van der Waals surface area contributed by atoms with Gasteiger partial charge in [-0.15, -0.1) is 0 Å². The summed E-state index contributed by atoms with van der Waals surface area (Å²) in [5.41, 5.74) is -0.921. The number of carboxylic acids is 1. The van der Waals surface area contributed by atoms with Gasteiger partial charge in [0.1, 0.15) is 5.69 Å². The van der Waals surface area contributed by atoms with Crippen LogP contribution >= 0.6 is 0 Å². The van der Waals surface area contributed by atoms with Gasteiger partial charge < -0.3 is 10.1 Å². The summed E-state index contributed by atoms with van der Waals surface area (Å²) in [7, 11) is 0. The predicted molar refractivity (Wildman–Crippen MR) is 68.4 cm³/mol. The molecular weight excluding hydrogens is 271 g/mol. The average molecular weight is 285 g/mol. The number of H-pyrrole nitrogens is 1. The van der Waals surface area contributed by atoms with E-state index in [-0.39, 0.29) is 6.42 Å². The minimum absolute atomic E-state index is 0.162. The van der Waals surface area contributed by atoms with Crippen LogP contribution in [0.25, 0.3) is 10.9 Å². The zero-order valence-corrected chi connectivity index (χ0v) is 11.0. The minimum Gasteiger partial charge on any atom is -0.481 e. The van der Waals surface area contributed by atoms with Crippen LogP contribution in [0.5, 0.6) is 0 Å². The fourth-order valence-electron chi connectivity index (χ4n) is 2.08. The molecular formula is C14H14F3NO2. The molecule has 0 atom stereocenters. The summed E-state index contributed by atoms with van der Waals surface area (Å²) >= 11 is 0. The molecule has 2 rings (SSSR count). The number of rotatable bonds is 3. The smallest absolute Gasteiger partial charge is 0.431 e. The van der Waals surface area contributed by atoms with Crippen LogP contribution in [0.3, 0.4) is 0 Å². The summed E-state index contributed by atoms with van der Waals surface area (Å²) < 4.78 is 38.1. The van der Waals surface area contributed by atoms with Crippen LogP contribution < -0.4 is 0 Å². The number of aliphatic carboxylic acids is 1. The fourth-order valence-corrected chi connectivity index (χ4v) is 2.08. The lowest BCUT2D eigenvalue weighted by molar-refractivity contribution is -0.146. The van der Waals surface area contributed by atoms with E-state index in [1.54, 1.807) is 32.0 Å². The summed E-state index contributed by atoms with van der Waals surface area (Å²) in [5, 5.41) is 9.53. The summed E-state index contributed by atoms with van der Waals surface area (Å²) in [6.45, 7) is 3.09. The van der Waals surface area contributed by atoms with E-state index in [2.05, 4.69) is 4.98 Å². The Hall–Kier alpha value is -1.98. The van der Waals surface area contributed by atoms with Crippen LogP contribution in [-0.4, -0.2) is 16.1 Å². The maximum Gasteiger partial charge on any atom is 0.431 e. The maximum absolute atomic E-state index is 12.7. The maximum atomic E-state index is 12.7. The molecule has 0 saturated heterocycles. The van der Waals surface area contributed by atoms with Crippen molar-refractivity contribution in [3.8, 4) is 0 Å². The van der Waals surface area contributed by atoms with Crippen LogP contribution in [0.4, 0.5) is 13.2 Å². The van der Waals surface area contributed by atoms with Crippen molar-refractivity contribution in [1.82, 2.24) is 4.98 Å². The highest BCUT2D eigenvalue weighted by Crippen LogP contribution is 2.34. The summed E-state index contributed by atoms with van der Waals surface area (Å²) in [5.74, 6) is -0.985. The monoisotopic (exact) mass is 285 g/mol. The van der Waals surface area contributed by atoms with Crippen molar-refractivity contribution in [2.75, 3.05) is 0 Å². The number of carboxylic acid groups (broad SMARTS) is 1. The van der Waals surface area contributed by atoms with Crippen molar-refractivity contribution in [1.29, 1.82) is 0 Å². The SMILES string of the molecule is CC(C)(Cc1cccc2[nH]c(C(F)(F)F)cc12)C(=O)O. The van der Waals surface area contributed by atoms with Gasteiger partial charge in [0.2, 0.25) is 0 Å². The third-order valence-electron chi connectivity index (χ3n) is 3.27. The third-order valence-corrected chi connectivity index (χ3v) is 3.27. The molecule has 20 heavy (non-hydrogen) atoms. The fraction of sp³-hybridized carbons (Fsp3) is 0.357. The Morgan fingerprint density at radius 1 is 1.30 bits per heavy atom. The van der Waals surface area contributed by atoms with Crippen molar-refractivity contribution in [2.45, 2.75) is 26.4 Å². The van der Waals surface area contributed by atoms with Crippen molar-refractivity contribution >= 4 is 16.9 Å². The molecule has 0 fully saturated rings. The molecule has 1 aromatic carbocycles. The second kappa shape index (κ2) is 4.54. The van der Waals surface area contributed by atoms with Gasteiger partial charge in [-0.1, -0.05) is 12.1 Å². The Morgan fingerprint density at radius 2 is 1.95 bits per heavy atom. The van der Waals surface area contributed by atoms with Gasteiger partial charge in [-0.05, 0) is 38.0 Å². The van der Waals surface area contributed by atoms with Crippen molar-refractivity contribution < 1.29 is 23.1 Å². The van der Waals surface area contributed by atoms with E-state index in [0.717, 1.165) is 6.07 Å². The number of aromatic amines is 1. The molecule has 6 heteroatoms. The van der Waals surface area contributed by atoms with Crippen molar-refractivity contribution in [3.63, 3.8) is 0 Å². The van der Waals surface area contributed by atoms with E-state index in [9.17, 15) is 18.0 Å². The summed E-state index contributed by atoms with van der Waals surface area (Å²) in [6, 6.07) is 5.84. The number of nitrogens with one attached hydrogen (secondary N) is 1. The molecule has 0 radical (unpaired) electrons. The van der Waals surface area contributed by atoms with Crippen LogP contribution in [-0.2, 0) is 17.4 Å². The second-order valence-corrected chi connectivity index (χ2v) is 5.42. The van der Waals surface area contributed by atoms with Gasteiger partial charge in [-0.2, -0.15) is 13.2 Å². The largest absolute Gasteiger partial charge is 0.481 e.